The highest BCUT2D eigenvalue weighted by Crippen LogP contribution is 2.26. The van der Waals surface area contributed by atoms with E-state index in [4.69, 9.17) is 9.37 Å². The van der Waals surface area contributed by atoms with Crippen molar-refractivity contribution in [1.82, 2.24) is 10.3 Å². The summed E-state index contributed by atoms with van der Waals surface area (Å²) in [6.07, 6.45) is 0. The van der Waals surface area contributed by atoms with Crippen LogP contribution in [0, 0.1) is 5.82 Å². The molecule has 7 heteroatoms. The van der Waals surface area contributed by atoms with Crippen LogP contribution in [0.15, 0.2) is 53.2 Å². The van der Waals surface area contributed by atoms with E-state index in [1.807, 2.05) is 0 Å². The average Bonchev–Trinajstić information content (AvgIpc) is 3.03. The van der Waals surface area contributed by atoms with Crippen molar-refractivity contribution in [2.75, 3.05) is 12.4 Å². The summed E-state index contributed by atoms with van der Waals surface area (Å²) in [6.45, 7) is 0. The third kappa shape index (κ3) is 3.18. The minimum atomic E-state index is -0.435. The smallest absolute Gasteiger partial charge is 0.256 e. The molecule has 0 aliphatic carbocycles. The number of hydrogen-bond acceptors (Lipinski definition) is 5. The Balaban J connectivity index is 1.83. The zero-order chi connectivity index (χ0) is 16.2. The molecule has 0 bridgehead atoms. The van der Waals surface area contributed by atoms with E-state index < -0.39 is 11.7 Å². The Morgan fingerprint density at radius 2 is 1.78 bits per heavy atom. The number of amides is 1. The van der Waals surface area contributed by atoms with E-state index in [9.17, 15) is 9.18 Å². The van der Waals surface area contributed by atoms with Crippen LogP contribution in [-0.4, -0.2) is 23.3 Å². The number of hydrogen-bond donors (Lipinski definition) is 1. The van der Waals surface area contributed by atoms with Gasteiger partial charge in [0.1, 0.15) is 11.6 Å². The SMILES string of the molecule is COc1ccc(-c2nonc2NC(=O)c2ccc(F)cc2)cc1. The highest BCUT2D eigenvalue weighted by Gasteiger charge is 2.16. The van der Waals surface area contributed by atoms with E-state index >= 15 is 0 Å². The topological polar surface area (TPSA) is 77.2 Å². The summed E-state index contributed by atoms with van der Waals surface area (Å²) in [6, 6.07) is 12.2. The molecule has 1 N–H and O–H groups in total. The van der Waals surface area contributed by atoms with Crippen LogP contribution in [0.5, 0.6) is 5.75 Å². The van der Waals surface area contributed by atoms with Gasteiger partial charge in [0, 0.05) is 11.1 Å². The fraction of sp³-hybridized carbons (Fsp3) is 0.0625. The zero-order valence-electron chi connectivity index (χ0n) is 12.1. The summed E-state index contributed by atoms with van der Waals surface area (Å²) in [5.41, 5.74) is 1.40. The first-order valence-electron chi connectivity index (χ1n) is 6.71. The van der Waals surface area contributed by atoms with E-state index in [1.165, 1.54) is 24.3 Å². The highest BCUT2D eigenvalue weighted by atomic mass is 19.1. The number of ether oxygens (including phenoxy) is 1. The minimum absolute atomic E-state index is 0.185. The van der Waals surface area contributed by atoms with Crippen molar-refractivity contribution >= 4 is 11.7 Å². The van der Waals surface area contributed by atoms with Gasteiger partial charge in [-0.3, -0.25) is 4.79 Å². The number of anilines is 1. The molecule has 0 atom stereocenters. The number of nitrogens with one attached hydrogen (secondary N) is 1. The van der Waals surface area contributed by atoms with Gasteiger partial charge in [0.2, 0.25) is 5.82 Å². The second-order valence-electron chi connectivity index (χ2n) is 4.65. The van der Waals surface area contributed by atoms with E-state index in [1.54, 1.807) is 31.4 Å². The molecule has 6 nitrogen and oxygen atoms in total. The average molecular weight is 313 g/mol. The Hall–Kier alpha value is -3.22. The van der Waals surface area contributed by atoms with Crippen molar-refractivity contribution in [1.29, 1.82) is 0 Å². The quantitative estimate of drug-likeness (QED) is 0.800. The maximum atomic E-state index is 12.9. The first-order valence-corrected chi connectivity index (χ1v) is 6.71. The Kier molecular flexibility index (Phi) is 4.01. The van der Waals surface area contributed by atoms with Gasteiger partial charge in [-0.1, -0.05) is 0 Å². The zero-order valence-corrected chi connectivity index (χ0v) is 12.1. The molecule has 0 spiro atoms. The Morgan fingerprint density at radius 3 is 2.43 bits per heavy atom. The summed E-state index contributed by atoms with van der Waals surface area (Å²) in [5.74, 6) is 0.0330. The molecule has 1 aromatic heterocycles. The second-order valence-corrected chi connectivity index (χ2v) is 4.65. The van der Waals surface area contributed by atoms with E-state index in [-0.39, 0.29) is 5.82 Å². The lowest BCUT2D eigenvalue weighted by molar-refractivity contribution is 0.102. The second kappa shape index (κ2) is 6.27. The van der Waals surface area contributed by atoms with Crippen LogP contribution in [0.3, 0.4) is 0 Å². The number of halogens is 1. The Labute approximate surface area is 130 Å². The molecule has 0 unspecified atom stereocenters. The number of nitrogens with zero attached hydrogens (tertiary/aromatic N) is 2. The lowest BCUT2D eigenvalue weighted by Crippen LogP contribution is -2.12. The molecule has 3 rings (SSSR count). The predicted molar refractivity (Wildman–Crippen MR) is 80.6 cm³/mol. The molecule has 23 heavy (non-hydrogen) atoms. The molecule has 0 aliphatic heterocycles. The van der Waals surface area contributed by atoms with Gasteiger partial charge < -0.3 is 10.1 Å². The molecule has 0 saturated heterocycles. The van der Waals surface area contributed by atoms with Crippen molar-refractivity contribution in [2.45, 2.75) is 0 Å². The van der Waals surface area contributed by atoms with E-state index in [2.05, 4.69) is 15.6 Å². The standard InChI is InChI=1S/C16H12FN3O3/c1-22-13-8-4-10(5-9-13)14-15(20-23-19-14)18-16(21)11-2-6-12(17)7-3-11/h2-9H,1H3,(H,18,20,21). The molecule has 1 heterocycles. The van der Waals surface area contributed by atoms with E-state index in [0.29, 0.717) is 22.6 Å². The van der Waals surface area contributed by atoms with Crippen molar-refractivity contribution < 1.29 is 18.6 Å². The predicted octanol–water partition coefficient (Wildman–Crippen LogP) is 3.14. The van der Waals surface area contributed by atoms with Crippen molar-refractivity contribution in [3.8, 4) is 17.0 Å². The summed E-state index contributed by atoms with van der Waals surface area (Å²) < 4.78 is 22.7. The molecule has 0 radical (unpaired) electrons. The Bertz CT molecular complexity index is 813. The number of carbonyl (C=O) groups is 1. The molecular weight excluding hydrogens is 301 g/mol. The first-order chi connectivity index (χ1) is 11.2. The maximum absolute atomic E-state index is 12.9. The molecule has 116 valence electrons. The molecule has 0 fully saturated rings. The molecule has 1 amide bonds. The van der Waals surface area contributed by atoms with Crippen LogP contribution >= 0.6 is 0 Å². The van der Waals surface area contributed by atoms with Gasteiger partial charge in [-0.05, 0) is 58.8 Å². The number of carbonyl (C=O) groups excluding carboxylic acids is 1. The van der Waals surface area contributed by atoms with Crippen molar-refractivity contribution in [2.24, 2.45) is 0 Å². The maximum Gasteiger partial charge on any atom is 0.256 e. The fourth-order valence-electron chi connectivity index (χ4n) is 1.99. The van der Waals surface area contributed by atoms with Crippen LogP contribution in [0.2, 0.25) is 0 Å². The highest BCUT2D eigenvalue weighted by molar-refractivity contribution is 6.05. The van der Waals surface area contributed by atoms with Crippen LogP contribution in [0.1, 0.15) is 10.4 Å². The van der Waals surface area contributed by atoms with Gasteiger partial charge in [-0.2, -0.15) is 0 Å². The monoisotopic (exact) mass is 313 g/mol. The van der Waals surface area contributed by atoms with Gasteiger partial charge in [-0.25, -0.2) is 9.02 Å². The number of benzene rings is 2. The molecule has 2 aromatic carbocycles. The van der Waals surface area contributed by atoms with Gasteiger partial charge in [0.15, 0.2) is 5.69 Å². The summed E-state index contributed by atoms with van der Waals surface area (Å²) in [4.78, 5) is 12.1. The molecule has 3 aromatic rings. The largest absolute Gasteiger partial charge is 0.497 e. The van der Waals surface area contributed by atoms with Gasteiger partial charge >= 0.3 is 0 Å². The van der Waals surface area contributed by atoms with Gasteiger partial charge in [0.25, 0.3) is 5.91 Å². The molecular formula is C16H12FN3O3. The summed E-state index contributed by atoms with van der Waals surface area (Å²) in [7, 11) is 1.57. The van der Waals surface area contributed by atoms with Crippen molar-refractivity contribution in [3.05, 3.63) is 59.9 Å². The molecule has 0 aliphatic rings. The normalized spacial score (nSPS) is 10.3. The summed E-state index contributed by atoms with van der Waals surface area (Å²) in [5, 5.41) is 10.1. The van der Waals surface area contributed by atoms with E-state index in [0.717, 1.165) is 0 Å². The lowest BCUT2D eigenvalue weighted by Gasteiger charge is -2.04. The lowest BCUT2D eigenvalue weighted by atomic mass is 10.1. The van der Waals surface area contributed by atoms with Crippen LogP contribution in [0.25, 0.3) is 11.3 Å². The van der Waals surface area contributed by atoms with Crippen LogP contribution < -0.4 is 10.1 Å². The Morgan fingerprint density at radius 1 is 1.09 bits per heavy atom. The fourth-order valence-corrected chi connectivity index (χ4v) is 1.99. The van der Waals surface area contributed by atoms with Gasteiger partial charge in [0.05, 0.1) is 7.11 Å². The van der Waals surface area contributed by atoms with Gasteiger partial charge in [-0.15, -0.1) is 0 Å². The van der Waals surface area contributed by atoms with Crippen LogP contribution in [0.4, 0.5) is 10.2 Å². The third-order valence-electron chi connectivity index (χ3n) is 3.19. The summed E-state index contributed by atoms with van der Waals surface area (Å²) >= 11 is 0. The molecule has 0 saturated carbocycles. The third-order valence-corrected chi connectivity index (χ3v) is 3.19. The number of methoxy groups -OCH3 is 1. The first kappa shape index (κ1) is 14.7. The van der Waals surface area contributed by atoms with Crippen molar-refractivity contribution in [3.63, 3.8) is 0 Å². The number of aromatic nitrogens is 2. The number of rotatable bonds is 4. The van der Waals surface area contributed by atoms with Crippen LogP contribution in [-0.2, 0) is 0 Å². The minimum Gasteiger partial charge on any atom is -0.497 e.